The molecule has 0 radical (unpaired) electrons. The Morgan fingerprint density at radius 2 is 1.33 bits per heavy atom. The molecule has 0 unspecified atom stereocenters. The van der Waals surface area contributed by atoms with Crippen molar-refractivity contribution in [1.82, 2.24) is 10.6 Å². The Balaban J connectivity index is 1.59. The van der Waals surface area contributed by atoms with Crippen LogP contribution < -0.4 is 10.6 Å². The summed E-state index contributed by atoms with van der Waals surface area (Å²) < 4.78 is 10.7. The van der Waals surface area contributed by atoms with Gasteiger partial charge in [0.1, 0.15) is 0 Å². The van der Waals surface area contributed by atoms with Gasteiger partial charge in [-0.05, 0) is 25.7 Å². The summed E-state index contributed by atoms with van der Waals surface area (Å²) in [5.41, 5.74) is 0. The van der Waals surface area contributed by atoms with Crippen LogP contribution in [0.3, 0.4) is 0 Å². The van der Waals surface area contributed by atoms with Gasteiger partial charge in [-0.3, -0.25) is 9.59 Å². The van der Waals surface area contributed by atoms with Crippen molar-refractivity contribution >= 4 is 11.8 Å². The highest BCUT2D eigenvalue weighted by Gasteiger charge is 2.21. The van der Waals surface area contributed by atoms with Gasteiger partial charge >= 0.3 is 11.8 Å². The van der Waals surface area contributed by atoms with Gasteiger partial charge in [-0.15, -0.1) is 0 Å². The van der Waals surface area contributed by atoms with Crippen LogP contribution >= 0.6 is 0 Å². The molecule has 2 N–H and O–H groups in total. The van der Waals surface area contributed by atoms with Crippen LogP contribution in [0.4, 0.5) is 0 Å². The van der Waals surface area contributed by atoms with E-state index in [1.54, 1.807) is 0 Å². The number of carbonyl (C=O) groups is 2. The summed E-state index contributed by atoms with van der Waals surface area (Å²) in [5.74, 6) is -1.19. The zero-order chi connectivity index (χ0) is 12.8. The van der Waals surface area contributed by atoms with E-state index >= 15 is 0 Å². The van der Waals surface area contributed by atoms with Crippen molar-refractivity contribution in [3.63, 3.8) is 0 Å². The molecular weight excluding hydrogens is 236 g/mol. The molecule has 0 aromatic heterocycles. The third-order valence-corrected chi connectivity index (χ3v) is 3.23. The maximum atomic E-state index is 11.5. The Labute approximate surface area is 106 Å². The number of rotatable bonds is 4. The Bertz CT molecular complexity index is 266. The lowest BCUT2D eigenvalue weighted by atomic mass is 10.2. The quantitative estimate of drug-likeness (QED) is 0.670. The number of nitrogens with one attached hydrogen (secondary N) is 2. The number of ether oxygens (including phenoxy) is 2. The Morgan fingerprint density at radius 1 is 0.889 bits per heavy atom. The predicted octanol–water partition coefficient (Wildman–Crippen LogP) is -0.423. The first-order valence-electron chi connectivity index (χ1n) is 6.55. The minimum Gasteiger partial charge on any atom is -0.376 e. The first kappa shape index (κ1) is 13.3. The molecule has 2 fully saturated rings. The number of carbonyl (C=O) groups excluding carboxylic acids is 2. The molecule has 2 heterocycles. The van der Waals surface area contributed by atoms with E-state index in [1.807, 2.05) is 0 Å². The van der Waals surface area contributed by atoms with E-state index in [0.29, 0.717) is 13.1 Å². The maximum Gasteiger partial charge on any atom is 0.309 e. The van der Waals surface area contributed by atoms with Gasteiger partial charge < -0.3 is 20.1 Å². The van der Waals surface area contributed by atoms with Crippen molar-refractivity contribution in [2.24, 2.45) is 0 Å². The normalized spacial score (nSPS) is 27.1. The largest absolute Gasteiger partial charge is 0.376 e. The molecule has 2 rings (SSSR count). The van der Waals surface area contributed by atoms with Gasteiger partial charge in [-0.1, -0.05) is 0 Å². The van der Waals surface area contributed by atoms with Crippen molar-refractivity contribution in [1.29, 1.82) is 0 Å². The summed E-state index contributed by atoms with van der Waals surface area (Å²) in [7, 11) is 0. The van der Waals surface area contributed by atoms with Crippen molar-refractivity contribution in [2.75, 3.05) is 26.3 Å². The second-order valence-corrected chi connectivity index (χ2v) is 4.69. The van der Waals surface area contributed by atoms with Gasteiger partial charge in [0.15, 0.2) is 0 Å². The molecule has 102 valence electrons. The highest BCUT2D eigenvalue weighted by molar-refractivity contribution is 6.35. The molecule has 0 spiro atoms. The summed E-state index contributed by atoms with van der Waals surface area (Å²) in [6.07, 6.45) is 4.03. The lowest BCUT2D eigenvalue weighted by Crippen LogP contribution is -2.44. The molecule has 0 saturated carbocycles. The van der Waals surface area contributed by atoms with Gasteiger partial charge in [0.2, 0.25) is 0 Å². The summed E-state index contributed by atoms with van der Waals surface area (Å²) in [5, 5.41) is 5.17. The fourth-order valence-electron chi connectivity index (χ4n) is 2.18. The van der Waals surface area contributed by atoms with Crippen LogP contribution in [-0.4, -0.2) is 50.3 Å². The monoisotopic (exact) mass is 256 g/mol. The van der Waals surface area contributed by atoms with E-state index in [-0.39, 0.29) is 12.2 Å². The zero-order valence-corrected chi connectivity index (χ0v) is 10.4. The second kappa shape index (κ2) is 6.70. The average molecular weight is 256 g/mol. The summed E-state index contributed by atoms with van der Waals surface area (Å²) in [6, 6.07) is 0. The van der Waals surface area contributed by atoms with Crippen molar-refractivity contribution < 1.29 is 19.1 Å². The van der Waals surface area contributed by atoms with Crippen molar-refractivity contribution in [3.05, 3.63) is 0 Å². The third-order valence-electron chi connectivity index (χ3n) is 3.23. The molecule has 0 aromatic rings. The van der Waals surface area contributed by atoms with E-state index in [0.717, 1.165) is 38.9 Å². The summed E-state index contributed by atoms with van der Waals surface area (Å²) in [4.78, 5) is 23.0. The minimum atomic E-state index is -0.594. The molecule has 18 heavy (non-hydrogen) atoms. The maximum absolute atomic E-state index is 11.5. The molecule has 6 heteroatoms. The van der Waals surface area contributed by atoms with Crippen LogP contribution in [0.5, 0.6) is 0 Å². The van der Waals surface area contributed by atoms with E-state index in [2.05, 4.69) is 10.6 Å². The molecule has 6 nitrogen and oxygen atoms in total. The highest BCUT2D eigenvalue weighted by atomic mass is 16.5. The minimum absolute atomic E-state index is 0.0555. The van der Waals surface area contributed by atoms with E-state index in [4.69, 9.17) is 9.47 Å². The second-order valence-electron chi connectivity index (χ2n) is 4.69. The van der Waals surface area contributed by atoms with E-state index in [1.165, 1.54) is 0 Å². The van der Waals surface area contributed by atoms with Crippen molar-refractivity contribution in [2.45, 2.75) is 37.9 Å². The first-order chi connectivity index (χ1) is 8.75. The fourth-order valence-corrected chi connectivity index (χ4v) is 2.18. The zero-order valence-electron chi connectivity index (χ0n) is 10.4. The van der Waals surface area contributed by atoms with E-state index < -0.39 is 11.8 Å². The number of amides is 2. The van der Waals surface area contributed by atoms with Gasteiger partial charge in [0, 0.05) is 26.3 Å². The lowest BCUT2D eigenvalue weighted by Gasteiger charge is -2.12. The summed E-state index contributed by atoms with van der Waals surface area (Å²) >= 11 is 0. The predicted molar refractivity (Wildman–Crippen MR) is 64.0 cm³/mol. The molecule has 2 aliphatic heterocycles. The SMILES string of the molecule is O=C(NC[C@H]1CCCO1)C(=O)NC[C@@H]1CCCO1. The standard InChI is InChI=1S/C12H20N2O4/c15-11(13-7-9-3-1-5-17-9)12(16)14-8-10-4-2-6-18-10/h9-10H,1-8H2,(H,13,15)(H,14,16)/t9-,10+. The van der Waals surface area contributed by atoms with Crippen LogP contribution in [0, 0.1) is 0 Å². The molecule has 2 atom stereocenters. The van der Waals surface area contributed by atoms with Crippen LogP contribution in [0.15, 0.2) is 0 Å². The third kappa shape index (κ3) is 3.96. The Morgan fingerprint density at radius 3 is 1.67 bits per heavy atom. The molecule has 0 aliphatic carbocycles. The van der Waals surface area contributed by atoms with Crippen LogP contribution in [-0.2, 0) is 19.1 Å². The van der Waals surface area contributed by atoms with Gasteiger partial charge in [0.25, 0.3) is 0 Å². The van der Waals surface area contributed by atoms with Gasteiger partial charge in [-0.2, -0.15) is 0 Å². The van der Waals surface area contributed by atoms with Crippen LogP contribution in [0.2, 0.25) is 0 Å². The summed E-state index contributed by atoms with van der Waals surface area (Å²) in [6.45, 7) is 2.30. The molecule has 0 aromatic carbocycles. The van der Waals surface area contributed by atoms with Gasteiger partial charge in [0.05, 0.1) is 12.2 Å². The lowest BCUT2D eigenvalue weighted by molar-refractivity contribution is -0.139. The Kier molecular flexibility index (Phi) is 4.95. The average Bonchev–Trinajstić information content (AvgIpc) is 3.05. The molecule has 2 amide bonds. The number of hydrogen-bond acceptors (Lipinski definition) is 4. The Hall–Kier alpha value is -1.14. The van der Waals surface area contributed by atoms with Gasteiger partial charge in [-0.25, -0.2) is 0 Å². The molecule has 2 saturated heterocycles. The molecule has 0 bridgehead atoms. The highest BCUT2D eigenvalue weighted by Crippen LogP contribution is 2.11. The van der Waals surface area contributed by atoms with E-state index in [9.17, 15) is 9.59 Å². The van der Waals surface area contributed by atoms with Crippen LogP contribution in [0.25, 0.3) is 0 Å². The molecule has 2 aliphatic rings. The first-order valence-corrected chi connectivity index (χ1v) is 6.55. The topological polar surface area (TPSA) is 76.7 Å². The fraction of sp³-hybridized carbons (Fsp3) is 0.833. The number of hydrogen-bond donors (Lipinski definition) is 2. The van der Waals surface area contributed by atoms with Crippen LogP contribution in [0.1, 0.15) is 25.7 Å². The smallest absolute Gasteiger partial charge is 0.309 e. The van der Waals surface area contributed by atoms with Crippen molar-refractivity contribution in [3.8, 4) is 0 Å². The molecular formula is C12H20N2O4.